The van der Waals surface area contributed by atoms with Gasteiger partial charge in [-0.1, -0.05) is 12.1 Å². The second-order valence-electron chi connectivity index (χ2n) is 4.32. The average Bonchev–Trinajstić information content (AvgIpc) is 2.30. The van der Waals surface area contributed by atoms with Gasteiger partial charge in [-0.25, -0.2) is 4.39 Å². The molecule has 2 nitrogen and oxygen atoms in total. The van der Waals surface area contributed by atoms with Crippen LogP contribution >= 0.6 is 0 Å². The van der Waals surface area contributed by atoms with E-state index in [-0.39, 0.29) is 5.82 Å². The number of aromatic nitrogens is 1. The van der Waals surface area contributed by atoms with Gasteiger partial charge < -0.3 is 5.11 Å². The summed E-state index contributed by atoms with van der Waals surface area (Å²) < 4.78 is 13.1. The normalized spacial score (nSPS) is 14.3. The van der Waals surface area contributed by atoms with Crippen molar-refractivity contribution in [2.24, 2.45) is 0 Å². The molecule has 88 valence electrons. The van der Waals surface area contributed by atoms with Crippen LogP contribution in [0.1, 0.15) is 18.1 Å². The number of aliphatic hydroxyl groups is 1. The molecule has 0 bridgehead atoms. The third-order valence-corrected chi connectivity index (χ3v) is 2.74. The smallest absolute Gasteiger partial charge is 0.123 e. The summed E-state index contributed by atoms with van der Waals surface area (Å²) in [7, 11) is 0. The Morgan fingerprint density at radius 3 is 2.59 bits per heavy atom. The summed E-state index contributed by atoms with van der Waals surface area (Å²) in [6.45, 7) is 1.68. The van der Waals surface area contributed by atoms with E-state index < -0.39 is 5.60 Å². The maximum atomic E-state index is 13.1. The Labute approximate surface area is 99.8 Å². The van der Waals surface area contributed by atoms with Crippen molar-refractivity contribution in [1.82, 2.24) is 4.98 Å². The molecule has 0 saturated carbocycles. The summed E-state index contributed by atoms with van der Waals surface area (Å²) in [6.07, 6.45) is 3.78. The largest absolute Gasteiger partial charge is 0.385 e. The number of hydrogen-bond donors (Lipinski definition) is 1. The van der Waals surface area contributed by atoms with Crippen molar-refractivity contribution in [2.75, 3.05) is 0 Å². The molecule has 2 aromatic rings. The minimum atomic E-state index is -1.08. The molecule has 0 amide bonds. The maximum Gasteiger partial charge on any atom is 0.123 e. The lowest BCUT2D eigenvalue weighted by Gasteiger charge is -2.24. The fourth-order valence-electron chi connectivity index (χ4n) is 1.82. The van der Waals surface area contributed by atoms with Gasteiger partial charge in [-0.2, -0.15) is 0 Å². The van der Waals surface area contributed by atoms with Crippen LogP contribution in [0.3, 0.4) is 0 Å². The highest BCUT2D eigenvalue weighted by molar-refractivity contribution is 5.25. The van der Waals surface area contributed by atoms with Crippen LogP contribution in [0.25, 0.3) is 0 Å². The number of halogens is 1. The minimum absolute atomic E-state index is 0.336. The second-order valence-corrected chi connectivity index (χ2v) is 4.32. The van der Waals surface area contributed by atoms with Crippen LogP contribution in [0.2, 0.25) is 0 Å². The molecule has 0 radical (unpaired) electrons. The van der Waals surface area contributed by atoms with Crippen molar-refractivity contribution >= 4 is 0 Å². The summed E-state index contributed by atoms with van der Waals surface area (Å²) in [5.74, 6) is -0.336. The second kappa shape index (κ2) is 4.63. The van der Waals surface area contributed by atoms with Crippen molar-refractivity contribution < 1.29 is 9.50 Å². The van der Waals surface area contributed by atoms with Crippen molar-refractivity contribution in [3.63, 3.8) is 0 Å². The monoisotopic (exact) mass is 231 g/mol. The van der Waals surface area contributed by atoms with E-state index in [0.29, 0.717) is 12.0 Å². The Hall–Kier alpha value is -1.74. The quantitative estimate of drug-likeness (QED) is 0.881. The molecule has 1 N–H and O–H groups in total. The number of benzene rings is 1. The van der Waals surface area contributed by atoms with Gasteiger partial charge in [-0.05, 0) is 42.3 Å². The number of hydrogen-bond acceptors (Lipinski definition) is 2. The highest BCUT2D eigenvalue weighted by atomic mass is 19.1. The van der Waals surface area contributed by atoms with Crippen LogP contribution in [0.5, 0.6) is 0 Å². The van der Waals surface area contributed by atoms with Crippen molar-refractivity contribution in [3.8, 4) is 0 Å². The molecule has 0 aliphatic carbocycles. The zero-order chi connectivity index (χ0) is 12.3. The zero-order valence-corrected chi connectivity index (χ0v) is 9.60. The van der Waals surface area contributed by atoms with Gasteiger partial charge in [0.1, 0.15) is 5.82 Å². The van der Waals surface area contributed by atoms with Crippen molar-refractivity contribution in [1.29, 1.82) is 0 Å². The van der Waals surface area contributed by atoms with Crippen molar-refractivity contribution in [3.05, 3.63) is 65.7 Å². The summed E-state index contributed by atoms with van der Waals surface area (Å²) in [5, 5.41) is 10.4. The molecule has 1 unspecified atom stereocenters. The predicted molar refractivity (Wildman–Crippen MR) is 63.9 cm³/mol. The van der Waals surface area contributed by atoms with Crippen LogP contribution in [-0.4, -0.2) is 10.1 Å². The molecule has 0 spiro atoms. The first-order chi connectivity index (χ1) is 8.08. The lowest BCUT2D eigenvalue weighted by molar-refractivity contribution is 0.0573. The molecule has 0 saturated heterocycles. The Bertz CT molecular complexity index is 497. The highest BCUT2D eigenvalue weighted by Gasteiger charge is 2.23. The number of rotatable bonds is 3. The van der Waals surface area contributed by atoms with Gasteiger partial charge in [0.15, 0.2) is 0 Å². The van der Waals surface area contributed by atoms with Crippen LogP contribution in [-0.2, 0) is 12.0 Å². The third kappa shape index (κ3) is 2.88. The van der Waals surface area contributed by atoms with Crippen LogP contribution in [0, 0.1) is 5.82 Å². The third-order valence-electron chi connectivity index (χ3n) is 2.74. The Balaban J connectivity index is 2.25. The fourth-order valence-corrected chi connectivity index (χ4v) is 1.82. The molecule has 0 fully saturated rings. The lowest BCUT2D eigenvalue weighted by atomic mass is 9.89. The van der Waals surface area contributed by atoms with Gasteiger partial charge in [0, 0.05) is 18.8 Å². The van der Waals surface area contributed by atoms with Gasteiger partial charge in [0.05, 0.1) is 5.60 Å². The van der Waals surface area contributed by atoms with E-state index in [1.54, 1.807) is 31.5 Å². The van der Waals surface area contributed by atoms with E-state index in [9.17, 15) is 9.50 Å². The molecule has 1 aromatic carbocycles. The van der Waals surface area contributed by atoms with Gasteiger partial charge in [0.25, 0.3) is 0 Å². The molecule has 1 aromatic heterocycles. The first-order valence-corrected chi connectivity index (χ1v) is 5.45. The van der Waals surface area contributed by atoms with Gasteiger partial charge in [0.2, 0.25) is 0 Å². The van der Waals surface area contributed by atoms with Gasteiger partial charge in [-0.15, -0.1) is 0 Å². The first kappa shape index (κ1) is 11.7. The summed E-state index contributed by atoms with van der Waals surface area (Å²) in [6, 6.07) is 9.74. The van der Waals surface area contributed by atoms with Crippen LogP contribution < -0.4 is 0 Å². The van der Waals surface area contributed by atoms with Gasteiger partial charge >= 0.3 is 0 Å². The highest BCUT2D eigenvalue weighted by Crippen LogP contribution is 2.25. The topological polar surface area (TPSA) is 33.1 Å². The lowest BCUT2D eigenvalue weighted by Crippen LogP contribution is -2.24. The van der Waals surface area contributed by atoms with E-state index in [0.717, 1.165) is 5.56 Å². The molecular formula is C14H14FNO. The Morgan fingerprint density at radius 2 is 1.94 bits per heavy atom. The molecule has 2 rings (SSSR count). The first-order valence-electron chi connectivity index (χ1n) is 5.45. The van der Waals surface area contributed by atoms with E-state index in [4.69, 9.17) is 0 Å². The standard InChI is InChI=1S/C14H14FNO/c1-14(17,10-11-5-7-16-8-6-11)12-3-2-4-13(15)9-12/h2-9,17H,10H2,1H3. The molecule has 0 aliphatic heterocycles. The summed E-state index contributed by atoms with van der Waals surface area (Å²) >= 11 is 0. The van der Waals surface area contributed by atoms with Crippen LogP contribution in [0.15, 0.2) is 48.8 Å². The molecule has 17 heavy (non-hydrogen) atoms. The average molecular weight is 231 g/mol. The van der Waals surface area contributed by atoms with Crippen LogP contribution in [0.4, 0.5) is 4.39 Å². The Morgan fingerprint density at radius 1 is 1.24 bits per heavy atom. The van der Waals surface area contributed by atoms with Gasteiger partial charge in [-0.3, -0.25) is 4.98 Å². The van der Waals surface area contributed by atoms with E-state index in [2.05, 4.69) is 4.98 Å². The summed E-state index contributed by atoms with van der Waals surface area (Å²) in [5.41, 5.74) is 0.465. The molecule has 3 heteroatoms. The molecule has 0 aliphatic rings. The molecule has 1 heterocycles. The van der Waals surface area contributed by atoms with E-state index >= 15 is 0 Å². The number of nitrogens with zero attached hydrogens (tertiary/aromatic N) is 1. The number of pyridine rings is 1. The minimum Gasteiger partial charge on any atom is -0.385 e. The Kier molecular flexibility index (Phi) is 3.20. The molecular weight excluding hydrogens is 217 g/mol. The van der Waals surface area contributed by atoms with E-state index in [1.165, 1.54) is 12.1 Å². The maximum absolute atomic E-state index is 13.1. The zero-order valence-electron chi connectivity index (χ0n) is 9.60. The predicted octanol–water partition coefficient (Wildman–Crippen LogP) is 2.67. The SMILES string of the molecule is CC(O)(Cc1ccncc1)c1cccc(F)c1. The van der Waals surface area contributed by atoms with Crippen molar-refractivity contribution in [2.45, 2.75) is 18.9 Å². The fraction of sp³-hybridized carbons (Fsp3) is 0.214. The molecule has 1 atom stereocenters. The summed E-state index contributed by atoms with van der Waals surface area (Å²) in [4.78, 5) is 3.92. The van der Waals surface area contributed by atoms with E-state index in [1.807, 2.05) is 12.1 Å².